The molecule has 2 nitrogen and oxygen atoms in total. The zero-order valence-electron chi connectivity index (χ0n) is 11.5. The van der Waals surface area contributed by atoms with Gasteiger partial charge in [-0.1, -0.05) is 67.1 Å². The summed E-state index contributed by atoms with van der Waals surface area (Å²) in [4.78, 5) is 11.4. The van der Waals surface area contributed by atoms with E-state index in [1.54, 1.807) is 0 Å². The van der Waals surface area contributed by atoms with Gasteiger partial charge in [0.1, 0.15) is 0 Å². The molecule has 20 heavy (non-hydrogen) atoms. The largest absolute Gasteiger partial charge is 0.481 e. The molecule has 104 valence electrons. The standard InChI is InChI=1S/C18H20O2/c19-18(20)17(16-12-5-2-6-13-16)14-8-7-11-15-9-3-1-4-10-15/h1-6,9-10,12-13,17H,7-8,11,14H2,(H,19,20). The van der Waals surface area contributed by atoms with E-state index < -0.39 is 5.97 Å². The topological polar surface area (TPSA) is 37.3 Å². The molecule has 2 aromatic rings. The van der Waals surface area contributed by atoms with Gasteiger partial charge in [-0.25, -0.2) is 0 Å². The van der Waals surface area contributed by atoms with Crippen LogP contribution >= 0.6 is 0 Å². The zero-order valence-corrected chi connectivity index (χ0v) is 11.5. The molecule has 0 radical (unpaired) electrons. The summed E-state index contributed by atoms with van der Waals surface area (Å²) < 4.78 is 0. The highest BCUT2D eigenvalue weighted by molar-refractivity contribution is 5.75. The van der Waals surface area contributed by atoms with Crippen molar-refractivity contribution in [3.63, 3.8) is 0 Å². The summed E-state index contributed by atoms with van der Waals surface area (Å²) in [6, 6.07) is 19.8. The maximum atomic E-state index is 11.4. The van der Waals surface area contributed by atoms with Gasteiger partial charge in [0, 0.05) is 0 Å². The molecule has 0 aliphatic heterocycles. The zero-order chi connectivity index (χ0) is 14.2. The van der Waals surface area contributed by atoms with Gasteiger partial charge >= 0.3 is 5.97 Å². The molecule has 2 rings (SSSR count). The summed E-state index contributed by atoms with van der Waals surface area (Å²) in [5.74, 6) is -1.11. The number of aryl methyl sites for hydroxylation is 1. The molecule has 0 aromatic heterocycles. The summed E-state index contributed by atoms with van der Waals surface area (Å²) in [6.45, 7) is 0. The first kappa shape index (κ1) is 14.3. The Balaban J connectivity index is 1.83. The average molecular weight is 268 g/mol. The highest BCUT2D eigenvalue weighted by Gasteiger charge is 2.18. The molecular weight excluding hydrogens is 248 g/mol. The monoisotopic (exact) mass is 268 g/mol. The average Bonchev–Trinajstić information content (AvgIpc) is 2.49. The van der Waals surface area contributed by atoms with Crippen LogP contribution in [0.4, 0.5) is 0 Å². The fourth-order valence-corrected chi connectivity index (χ4v) is 2.44. The molecule has 0 heterocycles. The van der Waals surface area contributed by atoms with Crippen molar-refractivity contribution in [2.24, 2.45) is 0 Å². The van der Waals surface area contributed by atoms with Gasteiger partial charge in [0.05, 0.1) is 5.92 Å². The maximum absolute atomic E-state index is 11.4. The Morgan fingerprint density at radius 1 is 0.900 bits per heavy atom. The second kappa shape index (κ2) is 7.49. The normalized spacial score (nSPS) is 12.0. The minimum atomic E-state index is -0.726. The van der Waals surface area contributed by atoms with Crippen LogP contribution in [-0.2, 0) is 11.2 Å². The van der Waals surface area contributed by atoms with Crippen molar-refractivity contribution in [3.8, 4) is 0 Å². The van der Waals surface area contributed by atoms with Crippen LogP contribution in [0.3, 0.4) is 0 Å². The van der Waals surface area contributed by atoms with Gasteiger partial charge < -0.3 is 5.11 Å². The van der Waals surface area contributed by atoms with Crippen molar-refractivity contribution in [2.45, 2.75) is 31.6 Å². The van der Waals surface area contributed by atoms with Crippen molar-refractivity contribution in [1.29, 1.82) is 0 Å². The molecule has 0 amide bonds. The Bertz CT molecular complexity index is 520. The molecular formula is C18H20O2. The lowest BCUT2D eigenvalue weighted by molar-refractivity contribution is -0.139. The molecule has 1 N–H and O–H groups in total. The van der Waals surface area contributed by atoms with Gasteiger partial charge in [-0.3, -0.25) is 4.79 Å². The van der Waals surface area contributed by atoms with Gasteiger partial charge in [-0.2, -0.15) is 0 Å². The number of rotatable bonds is 7. The molecule has 0 spiro atoms. The lowest BCUT2D eigenvalue weighted by Gasteiger charge is -2.12. The van der Waals surface area contributed by atoms with Crippen molar-refractivity contribution in [1.82, 2.24) is 0 Å². The van der Waals surface area contributed by atoms with Crippen LogP contribution in [0.2, 0.25) is 0 Å². The third-order valence-corrected chi connectivity index (χ3v) is 3.55. The Labute approximate surface area is 120 Å². The molecule has 2 heteroatoms. The Morgan fingerprint density at radius 3 is 2.10 bits per heavy atom. The van der Waals surface area contributed by atoms with E-state index in [2.05, 4.69) is 12.1 Å². The SMILES string of the molecule is O=C(O)C(CCCCc1ccccc1)c1ccccc1. The van der Waals surface area contributed by atoms with E-state index in [1.807, 2.05) is 48.5 Å². The number of hydrogen-bond acceptors (Lipinski definition) is 1. The summed E-state index contributed by atoms with van der Waals surface area (Å²) in [5, 5.41) is 9.34. The fourth-order valence-electron chi connectivity index (χ4n) is 2.44. The van der Waals surface area contributed by atoms with Crippen LogP contribution in [0, 0.1) is 0 Å². The number of carbonyl (C=O) groups is 1. The minimum absolute atomic E-state index is 0.382. The second-order valence-electron chi connectivity index (χ2n) is 5.03. The predicted molar refractivity (Wildman–Crippen MR) is 80.8 cm³/mol. The van der Waals surface area contributed by atoms with Crippen LogP contribution in [0.5, 0.6) is 0 Å². The van der Waals surface area contributed by atoms with Gasteiger partial charge in [0.25, 0.3) is 0 Å². The Morgan fingerprint density at radius 2 is 1.50 bits per heavy atom. The third kappa shape index (κ3) is 4.23. The van der Waals surface area contributed by atoms with Gasteiger partial charge in [-0.15, -0.1) is 0 Å². The van der Waals surface area contributed by atoms with E-state index in [1.165, 1.54) is 5.56 Å². The van der Waals surface area contributed by atoms with Crippen LogP contribution < -0.4 is 0 Å². The van der Waals surface area contributed by atoms with Crippen LogP contribution in [-0.4, -0.2) is 11.1 Å². The molecule has 0 aliphatic rings. The van der Waals surface area contributed by atoms with Crippen molar-refractivity contribution in [2.75, 3.05) is 0 Å². The number of aliphatic carboxylic acids is 1. The van der Waals surface area contributed by atoms with Crippen molar-refractivity contribution < 1.29 is 9.90 Å². The molecule has 0 fully saturated rings. The van der Waals surface area contributed by atoms with Gasteiger partial charge in [0.2, 0.25) is 0 Å². The fraction of sp³-hybridized carbons (Fsp3) is 0.278. The first-order chi connectivity index (χ1) is 9.77. The smallest absolute Gasteiger partial charge is 0.310 e. The van der Waals surface area contributed by atoms with Crippen molar-refractivity contribution in [3.05, 3.63) is 71.8 Å². The van der Waals surface area contributed by atoms with Crippen LogP contribution in [0.1, 0.15) is 36.3 Å². The molecule has 0 saturated carbocycles. The van der Waals surface area contributed by atoms with E-state index >= 15 is 0 Å². The highest BCUT2D eigenvalue weighted by Crippen LogP contribution is 2.22. The third-order valence-electron chi connectivity index (χ3n) is 3.55. The predicted octanol–water partition coefficient (Wildman–Crippen LogP) is 4.27. The van der Waals surface area contributed by atoms with E-state index in [9.17, 15) is 9.90 Å². The molecule has 0 saturated heterocycles. The van der Waals surface area contributed by atoms with Crippen molar-refractivity contribution >= 4 is 5.97 Å². The first-order valence-electron chi connectivity index (χ1n) is 7.09. The molecule has 0 bridgehead atoms. The van der Waals surface area contributed by atoms with Crippen LogP contribution in [0.15, 0.2) is 60.7 Å². The molecule has 0 aliphatic carbocycles. The lowest BCUT2D eigenvalue weighted by Crippen LogP contribution is -2.11. The molecule has 2 aromatic carbocycles. The maximum Gasteiger partial charge on any atom is 0.310 e. The van der Waals surface area contributed by atoms with E-state index in [0.29, 0.717) is 6.42 Å². The number of benzene rings is 2. The number of unbranched alkanes of at least 4 members (excludes halogenated alkanes) is 1. The Hall–Kier alpha value is -2.09. The second-order valence-corrected chi connectivity index (χ2v) is 5.03. The lowest BCUT2D eigenvalue weighted by atomic mass is 9.93. The van der Waals surface area contributed by atoms with Gasteiger partial charge in [-0.05, 0) is 30.4 Å². The molecule has 1 atom stereocenters. The summed E-state index contributed by atoms with van der Waals surface area (Å²) in [6.07, 6.45) is 3.68. The van der Waals surface area contributed by atoms with E-state index in [0.717, 1.165) is 24.8 Å². The quantitative estimate of drug-likeness (QED) is 0.761. The molecule has 1 unspecified atom stereocenters. The van der Waals surface area contributed by atoms with E-state index in [-0.39, 0.29) is 5.92 Å². The number of carboxylic acid groups (broad SMARTS) is 1. The number of carboxylic acids is 1. The summed E-state index contributed by atoms with van der Waals surface area (Å²) >= 11 is 0. The van der Waals surface area contributed by atoms with Crippen LogP contribution in [0.25, 0.3) is 0 Å². The summed E-state index contributed by atoms with van der Waals surface area (Å²) in [7, 11) is 0. The summed E-state index contributed by atoms with van der Waals surface area (Å²) in [5.41, 5.74) is 2.22. The minimum Gasteiger partial charge on any atom is -0.481 e. The Kier molecular flexibility index (Phi) is 5.36. The first-order valence-corrected chi connectivity index (χ1v) is 7.09. The highest BCUT2D eigenvalue weighted by atomic mass is 16.4. The number of hydrogen-bond donors (Lipinski definition) is 1. The van der Waals surface area contributed by atoms with Gasteiger partial charge in [0.15, 0.2) is 0 Å². The van der Waals surface area contributed by atoms with E-state index in [4.69, 9.17) is 0 Å².